The molecule has 2 aliphatic rings. The summed E-state index contributed by atoms with van der Waals surface area (Å²) >= 11 is 0. The van der Waals surface area contributed by atoms with Gasteiger partial charge in [-0.2, -0.15) is 0 Å². The first-order valence-electron chi connectivity index (χ1n) is 11.7. The molecule has 1 amide bonds. The molecule has 0 radical (unpaired) electrons. The maximum Gasteiger partial charge on any atom is 0.257 e. The van der Waals surface area contributed by atoms with Crippen LogP contribution >= 0.6 is 0 Å². The number of aromatic amines is 1. The van der Waals surface area contributed by atoms with Gasteiger partial charge in [-0.15, -0.1) is 0 Å². The van der Waals surface area contributed by atoms with Gasteiger partial charge in [-0.25, -0.2) is 0 Å². The lowest BCUT2D eigenvalue weighted by Gasteiger charge is -2.22. The second-order valence-corrected chi connectivity index (χ2v) is 8.66. The fourth-order valence-corrected chi connectivity index (χ4v) is 4.58. The second kappa shape index (κ2) is 10.6. The fraction of sp³-hybridized carbons (Fsp3) is 0.520. The standard InChI is InChI=1S/C25H33N3O3/c29-23-10-5-4-9-22-24(23)21(17-27-22)25(30)28-19-11-13-20(14-12-19)31-16-6-15-26-18-7-2-1-3-8-18/h11-14,17-18,26-27H,1-10,15-16H2,(H,28,30). The van der Waals surface area contributed by atoms with Crippen LogP contribution in [0.1, 0.15) is 84.2 Å². The number of aryl methyl sites for hydroxylation is 1. The highest BCUT2D eigenvalue weighted by Crippen LogP contribution is 2.25. The van der Waals surface area contributed by atoms with E-state index in [0.717, 1.165) is 43.7 Å². The molecule has 1 heterocycles. The molecule has 3 N–H and O–H groups in total. The third-order valence-corrected chi connectivity index (χ3v) is 6.31. The van der Waals surface area contributed by atoms with E-state index in [-0.39, 0.29) is 11.7 Å². The largest absolute Gasteiger partial charge is 0.494 e. The molecule has 31 heavy (non-hydrogen) atoms. The van der Waals surface area contributed by atoms with E-state index in [4.69, 9.17) is 4.74 Å². The van der Waals surface area contributed by atoms with Crippen LogP contribution in [-0.2, 0) is 6.42 Å². The first kappa shape index (κ1) is 21.6. The first-order valence-corrected chi connectivity index (χ1v) is 11.7. The molecule has 0 spiro atoms. The van der Waals surface area contributed by atoms with Crippen LogP contribution in [0.2, 0.25) is 0 Å². The Bertz CT molecular complexity index is 882. The van der Waals surface area contributed by atoms with E-state index in [1.54, 1.807) is 6.20 Å². The van der Waals surface area contributed by atoms with Crippen molar-refractivity contribution in [2.75, 3.05) is 18.5 Å². The molecule has 1 aromatic heterocycles. The lowest BCUT2D eigenvalue weighted by molar-refractivity contribution is 0.0965. The minimum Gasteiger partial charge on any atom is -0.494 e. The summed E-state index contributed by atoms with van der Waals surface area (Å²) in [5, 5.41) is 6.53. The van der Waals surface area contributed by atoms with Crippen LogP contribution < -0.4 is 15.4 Å². The van der Waals surface area contributed by atoms with E-state index in [0.29, 0.717) is 35.9 Å². The molecule has 6 heteroatoms. The highest BCUT2D eigenvalue weighted by Gasteiger charge is 2.24. The molecule has 166 valence electrons. The number of ketones is 1. The van der Waals surface area contributed by atoms with Crippen molar-refractivity contribution in [3.05, 3.63) is 47.3 Å². The van der Waals surface area contributed by atoms with E-state index < -0.39 is 0 Å². The Labute approximate surface area is 184 Å². The molecule has 2 aromatic rings. The smallest absolute Gasteiger partial charge is 0.257 e. The lowest BCUT2D eigenvalue weighted by atomic mass is 9.95. The van der Waals surface area contributed by atoms with Gasteiger partial charge in [0.15, 0.2) is 5.78 Å². The monoisotopic (exact) mass is 423 g/mol. The van der Waals surface area contributed by atoms with E-state index >= 15 is 0 Å². The third kappa shape index (κ3) is 5.76. The van der Waals surface area contributed by atoms with Gasteiger partial charge < -0.3 is 20.4 Å². The van der Waals surface area contributed by atoms with Crippen LogP contribution in [-0.4, -0.2) is 35.9 Å². The topological polar surface area (TPSA) is 83.2 Å². The summed E-state index contributed by atoms with van der Waals surface area (Å²) < 4.78 is 5.83. The molecule has 0 saturated heterocycles. The zero-order chi connectivity index (χ0) is 21.5. The SMILES string of the molecule is O=C(Nc1ccc(OCCCNC2CCCCC2)cc1)c1c[nH]c2c1C(=O)CCCC2. The average Bonchev–Trinajstić information content (AvgIpc) is 3.14. The fourth-order valence-electron chi connectivity index (χ4n) is 4.58. The van der Waals surface area contributed by atoms with Crippen LogP contribution in [0.4, 0.5) is 5.69 Å². The van der Waals surface area contributed by atoms with Crippen molar-refractivity contribution in [1.29, 1.82) is 0 Å². The van der Waals surface area contributed by atoms with Gasteiger partial charge in [-0.05, 0) is 69.3 Å². The molecule has 0 aliphatic heterocycles. The zero-order valence-corrected chi connectivity index (χ0v) is 18.2. The number of carbonyl (C=O) groups excluding carboxylic acids is 2. The van der Waals surface area contributed by atoms with Gasteiger partial charge in [-0.1, -0.05) is 19.3 Å². The molecule has 0 bridgehead atoms. The van der Waals surface area contributed by atoms with Crippen molar-refractivity contribution in [2.24, 2.45) is 0 Å². The molecule has 0 atom stereocenters. The van der Waals surface area contributed by atoms with Crippen molar-refractivity contribution in [3.63, 3.8) is 0 Å². The minimum absolute atomic E-state index is 0.0561. The van der Waals surface area contributed by atoms with Crippen LogP contribution in [0.25, 0.3) is 0 Å². The van der Waals surface area contributed by atoms with Crippen molar-refractivity contribution in [1.82, 2.24) is 10.3 Å². The van der Waals surface area contributed by atoms with Crippen LogP contribution in [0.5, 0.6) is 5.75 Å². The summed E-state index contributed by atoms with van der Waals surface area (Å²) in [6, 6.07) is 8.09. The summed E-state index contributed by atoms with van der Waals surface area (Å²) in [5.41, 5.74) is 2.58. The Hall–Kier alpha value is -2.60. The van der Waals surface area contributed by atoms with E-state index in [2.05, 4.69) is 15.6 Å². The summed E-state index contributed by atoms with van der Waals surface area (Å²) in [5.74, 6) is 0.595. The molecule has 4 rings (SSSR count). The third-order valence-electron chi connectivity index (χ3n) is 6.31. The predicted octanol–water partition coefficient (Wildman–Crippen LogP) is 4.87. The normalized spacial score (nSPS) is 17.1. The van der Waals surface area contributed by atoms with Crippen molar-refractivity contribution < 1.29 is 14.3 Å². The van der Waals surface area contributed by atoms with Crippen LogP contribution in [0.3, 0.4) is 0 Å². The number of hydrogen-bond donors (Lipinski definition) is 3. The van der Waals surface area contributed by atoms with Gasteiger partial charge in [0, 0.05) is 30.0 Å². The Morgan fingerprint density at radius 3 is 2.61 bits per heavy atom. The Morgan fingerprint density at radius 2 is 1.81 bits per heavy atom. The maximum atomic E-state index is 12.7. The summed E-state index contributed by atoms with van der Waals surface area (Å²) in [6.45, 7) is 1.65. The van der Waals surface area contributed by atoms with E-state index in [9.17, 15) is 9.59 Å². The van der Waals surface area contributed by atoms with Crippen molar-refractivity contribution in [3.8, 4) is 5.75 Å². The lowest BCUT2D eigenvalue weighted by Crippen LogP contribution is -2.32. The predicted molar refractivity (Wildman–Crippen MR) is 122 cm³/mol. The number of benzene rings is 1. The number of amides is 1. The van der Waals surface area contributed by atoms with Gasteiger partial charge in [0.25, 0.3) is 5.91 Å². The quantitative estimate of drug-likeness (QED) is 0.418. The molecule has 1 aromatic carbocycles. The number of nitrogens with one attached hydrogen (secondary N) is 3. The van der Waals surface area contributed by atoms with E-state index in [1.807, 2.05) is 24.3 Å². The summed E-state index contributed by atoms with van der Waals surface area (Å²) in [7, 11) is 0. The molecule has 2 aliphatic carbocycles. The molecule has 0 unspecified atom stereocenters. The second-order valence-electron chi connectivity index (χ2n) is 8.66. The number of carbonyl (C=O) groups is 2. The van der Waals surface area contributed by atoms with Gasteiger partial charge >= 0.3 is 0 Å². The number of anilines is 1. The highest BCUT2D eigenvalue weighted by atomic mass is 16.5. The van der Waals surface area contributed by atoms with Gasteiger partial charge in [0.05, 0.1) is 17.7 Å². The number of ether oxygens (including phenoxy) is 1. The average molecular weight is 424 g/mol. The number of aromatic nitrogens is 1. The molecular formula is C25H33N3O3. The van der Waals surface area contributed by atoms with Crippen molar-refractivity contribution in [2.45, 2.75) is 70.3 Å². The Balaban J connectivity index is 1.24. The summed E-state index contributed by atoms with van der Waals surface area (Å²) in [6.07, 6.45) is 12.5. The number of fused-ring (bicyclic) bond motifs is 1. The molecule has 1 fully saturated rings. The van der Waals surface area contributed by atoms with Gasteiger partial charge in [-0.3, -0.25) is 9.59 Å². The number of H-pyrrole nitrogens is 1. The van der Waals surface area contributed by atoms with Gasteiger partial charge in [0.1, 0.15) is 5.75 Å². The molecule has 1 saturated carbocycles. The van der Waals surface area contributed by atoms with Gasteiger partial charge in [0.2, 0.25) is 0 Å². The first-order chi connectivity index (χ1) is 15.2. The Morgan fingerprint density at radius 1 is 1.03 bits per heavy atom. The molecular weight excluding hydrogens is 390 g/mol. The van der Waals surface area contributed by atoms with E-state index in [1.165, 1.54) is 32.1 Å². The number of rotatable bonds is 8. The zero-order valence-electron chi connectivity index (χ0n) is 18.2. The van der Waals surface area contributed by atoms with Crippen molar-refractivity contribution >= 4 is 17.4 Å². The highest BCUT2D eigenvalue weighted by molar-refractivity contribution is 6.13. The van der Waals surface area contributed by atoms with Crippen LogP contribution in [0, 0.1) is 0 Å². The number of hydrogen-bond acceptors (Lipinski definition) is 4. The minimum atomic E-state index is -0.254. The Kier molecular flexibility index (Phi) is 7.41. The summed E-state index contributed by atoms with van der Waals surface area (Å²) in [4.78, 5) is 28.3. The number of Topliss-reactive ketones (excluding diaryl/α,β-unsaturated/α-hetero) is 1. The van der Waals surface area contributed by atoms with Crippen LogP contribution in [0.15, 0.2) is 30.5 Å². The maximum absolute atomic E-state index is 12.7. The molecule has 6 nitrogen and oxygen atoms in total.